The maximum atomic E-state index is 13.9. The Balaban J connectivity index is 1.54. The van der Waals surface area contributed by atoms with E-state index >= 15 is 0 Å². The Morgan fingerprint density at radius 2 is 2.03 bits per heavy atom. The highest BCUT2D eigenvalue weighted by atomic mass is 19.1. The highest BCUT2D eigenvalue weighted by Crippen LogP contribution is 2.30. The van der Waals surface area contributed by atoms with Crippen molar-refractivity contribution in [3.63, 3.8) is 0 Å². The minimum Gasteiger partial charge on any atom is -0.382 e. The van der Waals surface area contributed by atoms with E-state index in [0.29, 0.717) is 37.8 Å². The molecule has 0 radical (unpaired) electrons. The number of carbonyl (C=O) groups is 1. The zero-order valence-electron chi connectivity index (χ0n) is 18.5. The predicted molar refractivity (Wildman–Crippen MR) is 124 cm³/mol. The Kier molecular flexibility index (Phi) is 5.76. The van der Waals surface area contributed by atoms with Crippen molar-refractivity contribution in [1.82, 2.24) is 29.7 Å². The number of hydrogen-bond donors (Lipinski definition) is 2. The number of nitrogens with one attached hydrogen (secondary N) is 1. The van der Waals surface area contributed by atoms with E-state index in [2.05, 4.69) is 25.3 Å². The average molecular weight is 462 g/mol. The zero-order valence-corrected chi connectivity index (χ0v) is 18.5. The molecule has 174 valence electrons. The van der Waals surface area contributed by atoms with Gasteiger partial charge >= 0.3 is 0 Å². The van der Waals surface area contributed by atoms with E-state index in [-0.39, 0.29) is 23.8 Å². The number of aromatic nitrogens is 5. The number of ether oxygens (including phenoxy) is 1. The molecule has 1 fully saturated rings. The maximum Gasteiger partial charge on any atom is 0.274 e. The van der Waals surface area contributed by atoms with Crippen LogP contribution in [0.2, 0.25) is 0 Å². The van der Waals surface area contributed by atoms with Crippen molar-refractivity contribution in [3.05, 3.63) is 65.8 Å². The molecular weight excluding hydrogens is 439 g/mol. The molecule has 1 aliphatic rings. The van der Waals surface area contributed by atoms with Gasteiger partial charge in [0.1, 0.15) is 17.2 Å². The van der Waals surface area contributed by atoms with Crippen LogP contribution < -0.4 is 16.0 Å². The van der Waals surface area contributed by atoms with Gasteiger partial charge in [-0.05, 0) is 31.2 Å². The fourth-order valence-corrected chi connectivity index (χ4v) is 3.83. The SMILES string of the molecule is Cc1cnc2ccc(-c3nc(C(=O)NCc4ncccc4F)c(N)nc3N3CCOCC3)cn12. The third-order valence-corrected chi connectivity index (χ3v) is 5.65. The summed E-state index contributed by atoms with van der Waals surface area (Å²) >= 11 is 0. The van der Waals surface area contributed by atoms with E-state index < -0.39 is 11.7 Å². The molecule has 5 heterocycles. The summed E-state index contributed by atoms with van der Waals surface area (Å²) in [6.45, 7) is 4.21. The van der Waals surface area contributed by atoms with Crippen LogP contribution in [0.4, 0.5) is 16.0 Å². The molecule has 1 saturated heterocycles. The Morgan fingerprint density at radius 3 is 2.82 bits per heavy atom. The highest BCUT2D eigenvalue weighted by Gasteiger charge is 2.24. The van der Waals surface area contributed by atoms with Crippen LogP contribution in [-0.2, 0) is 11.3 Å². The van der Waals surface area contributed by atoms with Crippen LogP contribution in [0.3, 0.4) is 0 Å². The van der Waals surface area contributed by atoms with Crippen LogP contribution >= 0.6 is 0 Å². The van der Waals surface area contributed by atoms with Crippen molar-refractivity contribution in [2.45, 2.75) is 13.5 Å². The molecule has 1 amide bonds. The van der Waals surface area contributed by atoms with Crippen LogP contribution in [0.5, 0.6) is 0 Å². The van der Waals surface area contributed by atoms with Crippen molar-refractivity contribution in [3.8, 4) is 11.3 Å². The molecule has 0 aromatic carbocycles. The fourth-order valence-electron chi connectivity index (χ4n) is 3.83. The smallest absolute Gasteiger partial charge is 0.274 e. The molecule has 34 heavy (non-hydrogen) atoms. The molecule has 0 aliphatic carbocycles. The number of rotatable bonds is 5. The van der Waals surface area contributed by atoms with Gasteiger partial charge in [-0.2, -0.15) is 0 Å². The zero-order chi connectivity index (χ0) is 23.7. The molecule has 10 nitrogen and oxygen atoms in total. The van der Waals surface area contributed by atoms with Gasteiger partial charge in [0.05, 0.1) is 25.5 Å². The lowest BCUT2D eigenvalue weighted by molar-refractivity contribution is 0.0945. The Labute approximate surface area is 194 Å². The van der Waals surface area contributed by atoms with Gasteiger partial charge in [-0.25, -0.2) is 19.3 Å². The minimum atomic E-state index is -0.565. The topological polar surface area (TPSA) is 124 Å². The van der Waals surface area contributed by atoms with Crippen LogP contribution in [0.1, 0.15) is 21.9 Å². The monoisotopic (exact) mass is 462 g/mol. The number of hydrogen-bond acceptors (Lipinski definition) is 8. The first kappa shape index (κ1) is 21.7. The quantitative estimate of drug-likeness (QED) is 0.462. The Morgan fingerprint density at radius 1 is 1.21 bits per heavy atom. The van der Waals surface area contributed by atoms with Crippen molar-refractivity contribution in [1.29, 1.82) is 0 Å². The fraction of sp³-hybridized carbons (Fsp3) is 0.261. The lowest BCUT2D eigenvalue weighted by Gasteiger charge is -2.29. The van der Waals surface area contributed by atoms with Gasteiger partial charge in [0.2, 0.25) is 0 Å². The Hall–Kier alpha value is -4.12. The molecule has 3 N–H and O–H groups in total. The van der Waals surface area contributed by atoms with Crippen molar-refractivity contribution in [2.75, 3.05) is 36.9 Å². The first-order valence-electron chi connectivity index (χ1n) is 10.8. The molecule has 0 saturated carbocycles. The van der Waals surface area contributed by atoms with Crippen LogP contribution in [-0.4, -0.2) is 56.5 Å². The van der Waals surface area contributed by atoms with Crippen molar-refractivity contribution in [2.24, 2.45) is 0 Å². The number of nitrogen functional groups attached to an aromatic ring is 1. The first-order chi connectivity index (χ1) is 16.5. The summed E-state index contributed by atoms with van der Waals surface area (Å²) in [5, 5.41) is 2.64. The number of nitrogens with two attached hydrogens (primary N) is 1. The lowest BCUT2D eigenvalue weighted by Crippen LogP contribution is -2.37. The van der Waals surface area contributed by atoms with E-state index in [1.807, 2.05) is 34.6 Å². The van der Waals surface area contributed by atoms with E-state index in [1.165, 1.54) is 18.3 Å². The molecule has 4 aromatic heterocycles. The second-order valence-corrected chi connectivity index (χ2v) is 7.89. The standard InChI is InChI=1S/C23H23FN8O2/c1-14-11-27-18-5-4-15(13-32(14)18)19-22(31-7-9-34-10-8-31)30-21(25)20(29-19)23(33)28-12-17-16(24)3-2-6-26-17/h2-6,11,13H,7-10,12H2,1H3,(H2,25,30)(H,28,33). The largest absolute Gasteiger partial charge is 0.382 e. The van der Waals surface area contributed by atoms with Gasteiger partial charge in [-0.1, -0.05) is 0 Å². The molecule has 0 bridgehead atoms. The number of morpholine rings is 1. The van der Waals surface area contributed by atoms with E-state index in [1.54, 1.807) is 6.20 Å². The van der Waals surface area contributed by atoms with Crippen molar-refractivity contribution < 1.29 is 13.9 Å². The number of amides is 1. The minimum absolute atomic E-state index is 0.0101. The summed E-state index contributed by atoms with van der Waals surface area (Å²) in [4.78, 5) is 32.5. The number of carbonyl (C=O) groups excluding carboxylic acids is 1. The third-order valence-electron chi connectivity index (χ3n) is 5.65. The van der Waals surface area contributed by atoms with E-state index in [0.717, 1.165) is 16.9 Å². The van der Waals surface area contributed by atoms with Gasteiger partial charge in [0, 0.05) is 42.9 Å². The van der Waals surface area contributed by atoms with Gasteiger partial charge in [-0.3, -0.25) is 9.78 Å². The highest BCUT2D eigenvalue weighted by molar-refractivity contribution is 5.97. The van der Waals surface area contributed by atoms with Gasteiger partial charge in [0.15, 0.2) is 17.3 Å². The maximum absolute atomic E-state index is 13.9. The molecule has 5 rings (SSSR count). The Bertz CT molecular complexity index is 1370. The number of pyridine rings is 2. The second kappa shape index (κ2) is 9.02. The summed E-state index contributed by atoms with van der Waals surface area (Å²) in [5.74, 6) is -0.506. The van der Waals surface area contributed by atoms with Gasteiger partial charge < -0.3 is 25.1 Å². The molecule has 1 aliphatic heterocycles. The molecule has 0 spiro atoms. The van der Waals surface area contributed by atoms with Crippen LogP contribution in [0.25, 0.3) is 16.9 Å². The van der Waals surface area contributed by atoms with E-state index in [4.69, 9.17) is 10.5 Å². The van der Waals surface area contributed by atoms with E-state index in [9.17, 15) is 9.18 Å². The molecule has 4 aromatic rings. The molecular formula is C23H23FN8O2. The first-order valence-corrected chi connectivity index (χ1v) is 10.8. The lowest BCUT2D eigenvalue weighted by atomic mass is 10.1. The van der Waals surface area contributed by atoms with Crippen LogP contribution in [0, 0.1) is 12.7 Å². The normalized spacial score (nSPS) is 13.9. The van der Waals surface area contributed by atoms with Gasteiger partial charge in [0.25, 0.3) is 5.91 Å². The second-order valence-electron chi connectivity index (χ2n) is 7.89. The number of nitrogens with zero attached hydrogens (tertiary/aromatic N) is 6. The summed E-state index contributed by atoms with van der Waals surface area (Å²) in [5.41, 5.74) is 9.29. The van der Waals surface area contributed by atoms with Crippen LogP contribution in [0.15, 0.2) is 42.9 Å². The van der Waals surface area contributed by atoms with Gasteiger partial charge in [-0.15, -0.1) is 0 Å². The number of aryl methyl sites for hydroxylation is 1. The predicted octanol–water partition coefficient (Wildman–Crippen LogP) is 1.98. The summed E-state index contributed by atoms with van der Waals surface area (Å²) in [6, 6.07) is 6.54. The summed E-state index contributed by atoms with van der Waals surface area (Å²) in [6.07, 6.45) is 5.15. The number of imidazole rings is 1. The number of halogens is 1. The third kappa shape index (κ3) is 4.13. The van der Waals surface area contributed by atoms with Crippen molar-refractivity contribution >= 4 is 23.2 Å². The molecule has 11 heteroatoms. The number of anilines is 2. The molecule has 0 atom stereocenters. The summed E-state index contributed by atoms with van der Waals surface area (Å²) in [7, 11) is 0. The summed E-state index contributed by atoms with van der Waals surface area (Å²) < 4.78 is 21.3. The average Bonchev–Trinajstić information content (AvgIpc) is 3.23. The molecule has 0 unspecified atom stereocenters. The number of fused-ring (bicyclic) bond motifs is 1.